The number of aliphatic carboxylic acids is 1. The zero-order valence-electron chi connectivity index (χ0n) is 11.8. The largest absolute Gasteiger partial charge is 0.519 e. The van der Waals surface area contributed by atoms with Gasteiger partial charge in [-0.2, -0.15) is 0 Å². The fraction of sp³-hybridized carbons (Fsp3) is 0.385. The minimum atomic E-state index is -1.31. The molecule has 0 bridgehead atoms. The first-order valence-electron chi connectivity index (χ1n) is 6.24. The predicted molar refractivity (Wildman–Crippen MR) is 71.2 cm³/mol. The van der Waals surface area contributed by atoms with Gasteiger partial charge in [-0.25, -0.2) is 14.4 Å². The first-order valence-corrected chi connectivity index (χ1v) is 6.24. The van der Waals surface area contributed by atoms with Gasteiger partial charge in [0.2, 0.25) is 0 Å². The Morgan fingerprint density at radius 2 is 2.09 bits per heavy atom. The Balaban J connectivity index is 2.51. The van der Waals surface area contributed by atoms with Crippen molar-refractivity contribution < 1.29 is 33.1 Å². The number of aryl methyl sites for hydroxylation is 1. The first-order chi connectivity index (χ1) is 10.3. The smallest absolute Gasteiger partial charge is 0.480 e. The summed E-state index contributed by atoms with van der Waals surface area (Å²) in [5.74, 6) is -2.39. The number of carboxylic acid groups (broad SMARTS) is 1. The highest BCUT2D eigenvalue weighted by atomic mass is 16.6. The summed E-state index contributed by atoms with van der Waals surface area (Å²) >= 11 is 0. The van der Waals surface area contributed by atoms with E-state index >= 15 is 0 Å². The summed E-state index contributed by atoms with van der Waals surface area (Å²) in [5.41, 5.74) is 0. The third-order valence-corrected chi connectivity index (χ3v) is 2.67. The number of carbonyl (C=O) groups excluding carboxylic acids is 2. The van der Waals surface area contributed by atoms with Crippen molar-refractivity contribution >= 4 is 17.8 Å². The zero-order valence-corrected chi connectivity index (χ0v) is 11.8. The zero-order chi connectivity index (χ0) is 16.7. The average Bonchev–Trinajstić information content (AvgIpc) is 2.78. The molecule has 0 spiro atoms. The van der Waals surface area contributed by atoms with Gasteiger partial charge in [-0.1, -0.05) is 6.58 Å². The fourth-order valence-electron chi connectivity index (χ4n) is 1.47. The molecule has 1 heterocycles. The normalized spacial score (nSPS) is 11.5. The second-order valence-electron chi connectivity index (χ2n) is 4.25. The number of nitrogens with one attached hydrogen (secondary N) is 1. The molecule has 22 heavy (non-hydrogen) atoms. The van der Waals surface area contributed by atoms with E-state index in [-0.39, 0.29) is 36.8 Å². The summed E-state index contributed by atoms with van der Waals surface area (Å²) in [7, 11) is 0. The Morgan fingerprint density at radius 3 is 2.59 bits per heavy atom. The van der Waals surface area contributed by atoms with E-state index in [0.717, 1.165) is 6.08 Å². The van der Waals surface area contributed by atoms with Gasteiger partial charge in [0, 0.05) is 6.42 Å². The van der Waals surface area contributed by atoms with Gasteiger partial charge in [0.15, 0.2) is 23.9 Å². The molecule has 0 radical (unpaired) electrons. The maximum Gasteiger partial charge on any atom is 0.519 e. The maximum atomic E-state index is 11.5. The van der Waals surface area contributed by atoms with Crippen molar-refractivity contribution in [3.63, 3.8) is 0 Å². The molecule has 2 N–H and O–H groups in total. The van der Waals surface area contributed by atoms with Crippen LogP contribution < -0.4 is 11.1 Å². The molecule has 0 aliphatic heterocycles. The van der Waals surface area contributed by atoms with Crippen LogP contribution in [-0.2, 0) is 20.9 Å². The third-order valence-electron chi connectivity index (χ3n) is 2.67. The van der Waals surface area contributed by atoms with Crippen molar-refractivity contribution in [3.8, 4) is 0 Å². The van der Waals surface area contributed by atoms with Crippen LogP contribution in [0.5, 0.6) is 0 Å². The second-order valence-corrected chi connectivity index (χ2v) is 4.25. The number of ketones is 1. The average molecular weight is 313 g/mol. The van der Waals surface area contributed by atoms with Crippen molar-refractivity contribution in [1.82, 2.24) is 5.32 Å². The Kier molecular flexibility index (Phi) is 6.11. The van der Waals surface area contributed by atoms with Crippen LogP contribution in [0, 0.1) is 6.92 Å². The van der Waals surface area contributed by atoms with Crippen molar-refractivity contribution in [1.29, 1.82) is 0 Å². The van der Waals surface area contributed by atoms with Crippen molar-refractivity contribution in [2.24, 2.45) is 0 Å². The number of hydrogen-bond acceptors (Lipinski definition) is 7. The summed E-state index contributed by atoms with van der Waals surface area (Å²) in [6.07, 6.45) is -0.131. The molecule has 1 amide bonds. The monoisotopic (exact) mass is 313 g/mol. The summed E-state index contributed by atoms with van der Waals surface area (Å²) < 4.78 is 13.9. The van der Waals surface area contributed by atoms with Crippen molar-refractivity contribution in [2.45, 2.75) is 32.4 Å². The van der Waals surface area contributed by atoms with E-state index < -0.39 is 23.9 Å². The van der Waals surface area contributed by atoms with Crippen LogP contribution in [0.15, 0.2) is 26.3 Å². The lowest BCUT2D eigenvalue weighted by Crippen LogP contribution is -2.41. The topological polar surface area (TPSA) is 136 Å². The standard InChI is InChI=1S/C13H15NO8/c1-3-8(15)4-5-9(11(16)17)14-12(18)20-6-10-7(2)21-13(19)22-10/h3,9H,1,4-6H2,2H3,(H,14,18)(H,16,17). The van der Waals surface area contributed by atoms with E-state index in [1.165, 1.54) is 6.92 Å². The van der Waals surface area contributed by atoms with E-state index in [2.05, 4.69) is 20.7 Å². The van der Waals surface area contributed by atoms with Gasteiger partial charge in [-0.15, -0.1) is 0 Å². The quantitative estimate of drug-likeness (QED) is 0.671. The fourth-order valence-corrected chi connectivity index (χ4v) is 1.47. The Labute approximate surface area is 124 Å². The van der Waals surface area contributed by atoms with E-state index in [0.29, 0.717) is 0 Å². The highest BCUT2D eigenvalue weighted by Gasteiger charge is 2.22. The number of ether oxygens (including phenoxy) is 1. The van der Waals surface area contributed by atoms with Crippen LogP contribution in [0.4, 0.5) is 4.79 Å². The van der Waals surface area contributed by atoms with Gasteiger partial charge in [-0.05, 0) is 19.4 Å². The van der Waals surface area contributed by atoms with E-state index in [9.17, 15) is 19.2 Å². The number of carbonyl (C=O) groups is 3. The molecule has 0 fully saturated rings. The molecule has 0 aliphatic carbocycles. The van der Waals surface area contributed by atoms with Gasteiger partial charge in [-0.3, -0.25) is 4.79 Å². The molecule has 1 rings (SSSR count). The van der Waals surface area contributed by atoms with Crippen molar-refractivity contribution in [2.75, 3.05) is 0 Å². The SMILES string of the molecule is C=CC(=O)CCC(NC(=O)OCc1oc(=O)oc1C)C(=O)O. The summed E-state index contributed by atoms with van der Waals surface area (Å²) in [4.78, 5) is 44.4. The lowest BCUT2D eigenvalue weighted by molar-refractivity contribution is -0.139. The first kappa shape index (κ1) is 17.2. The Bertz CT molecular complexity index is 626. The van der Waals surface area contributed by atoms with Gasteiger partial charge >= 0.3 is 17.9 Å². The molecule has 0 saturated carbocycles. The summed E-state index contributed by atoms with van der Waals surface area (Å²) in [6, 6.07) is -1.28. The Hall–Kier alpha value is -2.84. The van der Waals surface area contributed by atoms with Gasteiger partial charge < -0.3 is 24.0 Å². The lowest BCUT2D eigenvalue weighted by Gasteiger charge is -2.13. The van der Waals surface area contributed by atoms with Crippen LogP contribution in [-0.4, -0.2) is 29.0 Å². The highest BCUT2D eigenvalue weighted by Crippen LogP contribution is 2.07. The second kappa shape index (κ2) is 7.81. The van der Waals surface area contributed by atoms with Gasteiger partial charge in [0.25, 0.3) is 0 Å². The van der Waals surface area contributed by atoms with Crippen LogP contribution >= 0.6 is 0 Å². The lowest BCUT2D eigenvalue weighted by atomic mass is 10.1. The number of rotatable bonds is 8. The summed E-state index contributed by atoms with van der Waals surface area (Å²) in [5, 5.41) is 11.1. The molecule has 1 aromatic rings. The van der Waals surface area contributed by atoms with Gasteiger partial charge in [0.1, 0.15) is 6.04 Å². The molecule has 9 nitrogen and oxygen atoms in total. The molecule has 1 aromatic heterocycles. The van der Waals surface area contributed by atoms with Crippen LogP contribution in [0.25, 0.3) is 0 Å². The minimum Gasteiger partial charge on any atom is -0.480 e. The number of alkyl carbamates (subject to hydrolysis) is 1. The highest BCUT2D eigenvalue weighted by molar-refractivity contribution is 5.89. The Morgan fingerprint density at radius 1 is 1.41 bits per heavy atom. The molecule has 0 aromatic carbocycles. The molecule has 1 atom stereocenters. The van der Waals surface area contributed by atoms with Crippen molar-refractivity contribution in [3.05, 3.63) is 34.8 Å². The molecular weight excluding hydrogens is 298 g/mol. The number of allylic oxidation sites excluding steroid dienone is 1. The molecule has 0 saturated heterocycles. The van der Waals surface area contributed by atoms with E-state index in [1.54, 1.807) is 0 Å². The van der Waals surface area contributed by atoms with E-state index in [1.807, 2.05) is 0 Å². The molecule has 120 valence electrons. The number of carboxylic acids is 1. The maximum absolute atomic E-state index is 11.5. The van der Waals surface area contributed by atoms with E-state index in [4.69, 9.17) is 9.84 Å². The third kappa shape index (κ3) is 5.27. The van der Waals surface area contributed by atoms with Crippen LogP contribution in [0.2, 0.25) is 0 Å². The molecule has 9 heteroatoms. The minimum absolute atomic E-state index is 0.0221. The van der Waals surface area contributed by atoms with Crippen LogP contribution in [0.1, 0.15) is 24.4 Å². The number of amides is 1. The van der Waals surface area contributed by atoms with Gasteiger partial charge in [0.05, 0.1) is 0 Å². The molecule has 1 unspecified atom stereocenters. The summed E-state index contributed by atoms with van der Waals surface area (Å²) in [6.45, 7) is 4.32. The molecule has 0 aliphatic rings. The molecular formula is C13H15NO8. The van der Waals surface area contributed by atoms with Crippen LogP contribution in [0.3, 0.4) is 0 Å². The predicted octanol–water partition coefficient (Wildman–Crippen LogP) is 0.756. The number of hydrogen-bond donors (Lipinski definition) is 2.